The number of amides is 1. The van der Waals surface area contributed by atoms with Crippen LogP contribution >= 0.6 is 0 Å². The molecule has 0 radical (unpaired) electrons. The molecule has 3 aromatic rings. The van der Waals surface area contributed by atoms with Crippen LogP contribution in [-0.4, -0.2) is 30.1 Å². The Labute approximate surface area is 170 Å². The third kappa shape index (κ3) is 5.02. The average molecular weight is 414 g/mol. The summed E-state index contributed by atoms with van der Waals surface area (Å²) in [6.45, 7) is 1.65. The van der Waals surface area contributed by atoms with Gasteiger partial charge in [-0.3, -0.25) is 9.78 Å². The number of aryl methyl sites for hydroxylation is 1. The van der Waals surface area contributed by atoms with Crippen LogP contribution in [0.4, 0.5) is 18.9 Å². The lowest BCUT2D eigenvalue weighted by molar-refractivity contribution is -0.0790. The number of benzene rings is 2. The summed E-state index contributed by atoms with van der Waals surface area (Å²) >= 11 is 0. The molecule has 1 aromatic heterocycles. The molecule has 0 saturated carbocycles. The normalized spacial score (nSPS) is 11.6. The van der Waals surface area contributed by atoms with E-state index < -0.39 is 18.1 Å². The van der Waals surface area contributed by atoms with Crippen LogP contribution in [0, 0.1) is 6.92 Å². The highest BCUT2D eigenvalue weighted by atomic mass is 19.4. The van der Waals surface area contributed by atoms with E-state index in [1.54, 1.807) is 31.2 Å². The first kappa shape index (κ1) is 21.0. The number of allylic oxidation sites excluding steroid dienone is 1. The van der Waals surface area contributed by atoms with E-state index >= 15 is 0 Å². The Morgan fingerprint density at radius 3 is 2.53 bits per heavy atom. The number of alkyl halides is 3. The maximum atomic E-state index is 12.6. The maximum absolute atomic E-state index is 12.6. The van der Waals surface area contributed by atoms with Crippen molar-refractivity contribution in [1.29, 1.82) is 0 Å². The van der Waals surface area contributed by atoms with Crippen LogP contribution in [0.15, 0.2) is 54.7 Å². The smallest absolute Gasteiger partial charge is 0.409 e. The molecular formula is C22H17F3N2O3. The van der Waals surface area contributed by atoms with Gasteiger partial charge in [0.15, 0.2) is 0 Å². The predicted molar refractivity (Wildman–Crippen MR) is 107 cm³/mol. The highest BCUT2D eigenvalue weighted by Gasteiger charge is 2.21. The van der Waals surface area contributed by atoms with Crippen molar-refractivity contribution in [2.24, 2.45) is 0 Å². The Kier molecular flexibility index (Phi) is 5.86. The summed E-state index contributed by atoms with van der Waals surface area (Å²) in [6.07, 6.45) is -1.91. The van der Waals surface area contributed by atoms with Crippen molar-refractivity contribution >= 4 is 34.5 Å². The summed E-state index contributed by atoms with van der Waals surface area (Å²) in [6, 6.07) is 11.1. The number of rotatable bonds is 4. The summed E-state index contributed by atoms with van der Waals surface area (Å²) in [5.41, 5.74) is 2.61. The molecule has 0 saturated heterocycles. The minimum atomic E-state index is -4.40. The number of esters is 1. The number of aromatic nitrogens is 1. The number of methoxy groups -OCH3 is 1. The number of carbonyl (C=O) groups is 2. The number of ether oxygens (including phenoxy) is 1. The van der Waals surface area contributed by atoms with Crippen LogP contribution in [0.1, 0.15) is 31.8 Å². The zero-order chi connectivity index (χ0) is 21.9. The van der Waals surface area contributed by atoms with Gasteiger partial charge in [-0.25, -0.2) is 4.79 Å². The van der Waals surface area contributed by atoms with Crippen LogP contribution in [0.5, 0.6) is 0 Å². The van der Waals surface area contributed by atoms with Gasteiger partial charge in [-0.2, -0.15) is 13.2 Å². The summed E-state index contributed by atoms with van der Waals surface area (Å²) in [5, 5.41) is 3.45. The van der Waals surface area contributed by atoms with Crippen molar-refractivity contribution in [3.05, 3.63) is 77.0 Å². The van der Waals surface area contributed by atoms with Crippen LogP contribution in [0.2, 0.25) is 0 Å². The van der Waals surface area contributed by atoms with Crippen LogP contribution in [-0.2, 0) is 4.74 Å². The molecule has 1 heterocycles. The molecule has 154 valence electrons. The zero-order valence-electron chi connectivity index (χ0n) is 16.1. The minimum absolute atomic E-state index is 0.148. The largest absolute Gasteiger partial charge is 0.465 e. The fourth-order valence-electron chi connectivity index (χ4n) is 2.86. The number of carbonyl (C=O) groups excluding carboxylic acids is 2. The molecule has 0 aliphatic heterocycles. The fourth-order valence-corrected chi connectivity index (χ4v) is 2.86. The minimum Gasteiger partial charge on any atom is -0.465 e. The van der Waals surface area contributed by atoms with Gasteiger partial charge in [0.1, 0.15) is 0 Å². The molecule has 30 heavy (non-hydrogen) atoms. The van der Waals surface area contributed by atoms with Crippen molar-refractivity contribution in [2.75, 3.05) is 12.4 Å². The van der Waals surface area contributed by atoms with Crippen molar-refractivity contribution in [1.82, 2.24) is 4.98 Å². The second-order valence-electron chi connectivity index (χ2n) is 6.53. The van der Waals surface area contributed by atoms with Gasteiger partial charge in [0, 0.05) is 28.9 Å². The second kappa shape index (κ2) is 8.36. The van der Waals surface area contributed by atoms with Crippen LogP contribution in [0.3, 0.4) is 0 Å². The Morgan fingerprint density at radius 2 is 1.87 bits per heavy atom. The summed E-state index contributed by atoms with van der Waals surface area (Å²) in [7, 11) is 1.28. The number of hydrogen-bond acceptors (Lipinski definition) is 4. The number of fused-ring (bicyclic) bond motifs is 1. The Bertz CT molecular complexity index is 1150. The van der Waals surface area contributed by atoms with Gasteiger partial charge in [0.05, 0.1) is 18.2 Å². The molecule has 5 nitrogen and oxygen atoms in total. The number of nitrogens with zero attached hydrogens (tertiary/aromatic N) is 1. The van der Waals surface area contributed by atoms with Crippen molar-refractivity contribution in [2.45, 2.75) is 13.1 Å². The molecule has 0 bridgehead atoms. The molecule has 2 aromatic carbocycles. The summed E-state index contributed by atoms with van der Waals surface area (Å²) in [4.78, 5) is 28.4. The average Bonchev–Trinajstić information content (AvgIpc) is 2.70. The molecule has 1 N–H and O–H groups in total. The van der Waals surface area contributed by atoms with E-state index in [9.17, 15) is 22.8 Å². The molecule has 0 aliphatic rings. The van der Waals surface area contributed by atoms with Crippen molar-refractivity contribution < 1.29 is 27.5 Å². The Morgan fingerprint density at radius 1 is 1.10 bits per heavy atom. The van der Waals surface area contributed by atoms with Gasteiger partial charge in [-0.15, -0.1) is 0 Å². The zero-order valence-corrected chi connectivity index (χ0v) is 16.1. The first-order valence-corrected chi connectivity index (χ1v) is 8.82. The molecule has 3 rings (SSSR count). The van der Waals surface area contributed by atoms with Gasteiger partial charge in [-0.1, -0.05) is 24.3 Å². The second-order valence-corrected chi connectivity index (χ2v) is 6.53. The molecular weight excluding hydrogens is 397 g/mol. The van der Waals surface area contributed by atoms with E-state index in [0.29, 0.717) is 38.8 Å². The van der Waals surface area contributed by atoms with E-state index in [4.69, 9.17) is 0 Å². The lowest BCUT2D eigenvalue weighted by Gasteiger charge is -2.10. The van der Waals surface area contributed by atoms with Gasteiger partial charge in [0.25, 0.3) is 5.91 Å². The van der Waals surface area contributed by atoms with E-state index in [1.165, 1.54) is 31.5 Å². The Hall–Kier alpha value is -3.68. The lowest BCUT2D eigenvalue weighted by atomic mass is 10.0. The standard InChI is InChI=1S/C22H17F3N2O3/c1-13-9-14(7-8-22(23,24)25)3-6-18(13)20(28)27-17-5-4-15-10-16(21(29)30-2)12-26-19(15)11-17/h3-12H,1-2H3,(H,27,28)/b8-7+. The predicted octanol–water partition coefficient (Wildman–Crippen LogP) is 5.16. The van der Waals surface area contributed by atoms with E-state index in [1.807, 2.05) is 0 Å². The first-order chi connectivity index (χ1) is 14.2. The van der Waals surface area contributed by atoms with Crippen molar-refractivity contribution in [3.63, 3.8) is 0 Å². The number of pyridine rings is 1. The number of anilines is 1. The molecule has 1 amide bonds. The summed E-state index contributed by atoms with van der Waals surface area (Å²) in [5.74, 6) is -0.893. The first-order valence-electron chi connectivity index (χ1n) is 8.82. The van der Waals surface area contributed by atoms with Gasteiger partial charge < -0.3 is 10.1 Å². The number of hydrogen-bond donors (Lipinski definition) is 1. The third-order valence-corrected chi connectivity index (χ3v) is 4.32. The fraction of sp³-hybridized carbons (Fsp3) is 0.136. The molecule has 0 aliphatic carbocycles. The highest BCUT2D eigenvalue weighted by molar-refractivity contribution is 6.06. The highest BCUT2D eigenvalue weighted by Crippen LogP contribution is 2.22. The topological polar surface area (TPSA) is 68.3 Å². The molecule has 0 atom stereocenters. The number of nitrogens with one attached hydrogen (secondary N) is 1. The van der Waals surface area contributed by atoms with E-state index in [2.05, 4.69) is 15.0 Å². The van der Waals surface area contributed by atoms with Gasteiger partial charge in [-0.05, 0) is 42.3 Å². The van der Waals surface area contributed by atoms with Gasteiger partial charge >= 0.3 is 12.1 Å². The lowest BCUT2D eigenvalue weighted by Crippen LogP contribution is -2.13. The molecule has 0 unspecified atom stereocenters. The molecule has 0 fully saturated rings. The maximum Gasteiger partial charge on any atom is 0.409 e. The molecule has 8 heteroatoms. The SMILES string of the molecule is COC(=O)c1cnc2cc(NC(=O)c3ccc(/C=C/C(F)(F)F)cc3C)ccc2c1. The van der Waals surface area contributed by atoms with E-state index in [0.717, 1.165) is 6.08 Å². The quantitative estimate of drug-likeness (QED) is 0.599. The van der Waals surface area contributed by atoms with Gasteiger partial charge in [0.2, 0.25) is 0 Å². The third-order valence-electron chi connectivity index (χ3n) is 4.32. The number of halogens is 3. The molecule has 0 spiro atoms. The summed E-state index contributed by atoms with van der Waals surface area (Å²) < 4.78 is 41.6. The van der Waals surface area contributed by atoms with Crippen LogP contribution < -0.4 is 5.32 Å². The van der Waals surface area contributed by atoms with E-state index in [-0.39, 0.29) is 6.08 Å². The van der Waals surface area contributed by atoms with Crippen LogP contribution in [0.25, 0.3) is 17.0 Å². The van der Waals surface area contributed by atoms with Crippen molar-refractivity contribution in [3.8, 4) is 0 Å². The Balaban J connectivity index is 1.79. The monoisotopic (exact) mass is 414 g/mol.